The van der Waals surface area contributed by atoms with Crippen LogP contribution in [0.25, 0.3) is 11.1 Å². The first kappa shape index (κ1) is 10.2. The first-order chi connectivity index (χ1) is 7.16. The summed E-state index contributed by atoms with van der Waals surface area (Å²) < 4.78 is 12.7. The fourth-order valence-corrected chi connectivity index (χ4v) is 1.65. The van der Waals surface area contributed by atoms with E-state index < -0.39 is 0 Å². The molecule has 0 fully saturated rings. The van der Waals surface area contributed by atoms with Crippen LogP contribution in [0.3, 0.4) is 0 Å². The van der Waals surface area contributed by atoms with Gasteiger partial charge in [-0.3, -0.25) is 0 Å². The van der Waals surface area contributed by atoms with E-state index in [1.165, 1.54) is 12.1 Å². The molecule has 0 saturated heterocycles. The van der Waals surface area contributed by atoms with Crippen LogP contribution in [0.1, 0.15) is 5.56 Å². The Labute approximate surface area is 93.3 Å². The molecule has 0 aliphatic heterocycles. The molecule has 1 radical (unpaired) electrons. The minimum Gasteiger partial charge on any atom is -0.207 e. The number of benzene rings is 2. The third kappa shape index (κ3) is 2.18. The molecule has 0 heterocycles. The highest BCUT2D eigenvalue weighted by atomic mass is 35.5. The lowest BCUT2D eigenvalue weighted by Crippen LogP contribution is -1.82. The summed E-state index contributed by atoms with van der Waals surface area (Å²) in [4.78, 5) is 0. The Morgan fingerprint density at radius 2 is 1.87 bits per heavy atom. The van der Waals surface area contributed by atoms with Crippen molar-refractivity contribution in [2.24, 2.45) is 0 Å². The highest BCUT2D eigenvalue weighted by Gasteiger charge is 2.03. The van der Waals surface area contributed by atoms with Gasteiger partial charge in [-0.2, -0.15) is 0 Å². The summed E-state index contributed by atoms with van der Waals surface area (Å²) in [5.74, 6) is -0.242. The van der Waals surface area contributed by atoms with E-state index in [1.54, 1.807) is 18.2 Å². The minimum atomic E-state index is -0.242. The molecule has 0 amide bonds. The second kappa shape index (κ2) is 4.03. The maximum atomic E-state index is 12.7. The van der Waals surface area contributed by atoms with Gasteiger partial charge in [-0.25, -0.2) is 4.39 Å². The lowest BCUT2D eigenvalue weighted by Gasteiger charge is -2.05. The van der Waals surface area contributed by atoms with E-state index >= 15 is 0 Å². The summed E-state index contributed by atoms with van der Waals surface area (Å²) in [6.07, 6.45) is 0. The molecule has 0 atom stereocenters. The van der Waals surface area contributed by atoms with Crippen molar-refractivity contribution in [1.29, 1.82) is 0 Å². The van der Waals surface area contributed by atoms with Crippen molar-refractivity contribution < 1.29 is 4.39 Å². The zero-order valence-electron chi connectivity index (χ0n) is 8.22. The molecule has 2 aromatic rings. The minimum absolute atomic E-state index is 0.242. The standard InChI is InChI=1S/C13H9ClF/c1-9-2-7-13(14)12(8-9)10-3-5-11(15)6-4-10/h3-8H,1H3. The average Bonchev–Trinajstić information content (AvgIpc) is 2.23. The Morgan fingerprint density at radius 3 is 2.53 bits per heavy atom. The summed E-state index contributed by atoms with van der Waals surface area (Å²) in [6, 6.07) is 13.0. The number of halogens is 2. The van der Waals surface area contributed by atoms with Gasteiger partial charge in [0, 0.05) is 10.6 Å². The number of rotatable bonds is 1. The molecule has 2 rings (SSSR count). The maximum Gasteiger partial charge on any atom is 0.123 e. The molecule has 0 saturated carbocycles. The van der Waals surface area contributed by atoms with E-state index in [9.17, 15) is 4.39 Å². The summed E-state index contributed by atoms with van der Waals surface area (Å²) in [5.41, 5.74) is 2.84. The van der Waals surface area contributed by atoms with Crippen LogP contribution in [-0.4, -0.2) is 0 Å². The van der Waals surface area contributed by atoms with Crippen molar-refractivity contribution in [2.45, 2.75) is 6.92 Å². The molecule has 0 aliphatic rings. The van der Waals surface area contributed by atoms with Crippen LogP contribution in [0.4, 0.5) is 4.39 Å². The molecule has 75 valence electrons. The molecule has 0 aromatic heterocycles. The third-order valence-corrected chi connectivity index (χ3v) is 2.51. The molecule has 0 spiro atoms. The normalized spacial score (nSPS) is 10.3. The smallest absolute Gasteiger partial charge is 0.123 e. The fourth-order valence-electron chi connectivity index (χ4n) is 1.43. The van der Waals surface area contributed by atoms with Crippen molar-refractivity contribution in [2.75, 3.05) is 0 Å². The number of hydrogen-bond acceptors (Lipinski definition) is 0. The van der Waals surface area contributed by atoms with Crippen LogP contribution in [0.15, 0.2) is 36.4 Å². The Balaban J connectivity index is 2.53. The van der Waals surface area contributed by atoms with Gasteiger partial charge in [-0.15, -0.1) is 0 Å². The topological polar surface area (TPSA) is 0 Å². The molecular formula is C13H9ClF. The quantitative estimate of drug-likeness (QED) is 0.673. The molecule has 0 nitrogen and oxygen atoms in total. The molecule has 2 aromatic carbocycles. The van der Waals surface area contributed by atoms with Gasteiger partial charge in [-0.05, 0) is 48.4 Å². The molecule has 2 heteroatoms. The predicted octanol–water partition coefficient (Wildman–Crippen LogP) is 4.25. The summed E-state index contributed by atoms with van der Waals surface area (Å²) >= 11 is 6.05. The second-order valence-electron chi connectivity index (χ2n) is 3.38. The third-order valence-electron chi connectivity index (χ3n) is 2.20. The highest BCUT2D eigenvalue weighted by molar-refractivity contribution is 6.33. The van der Waals surface area contributed by atoms with Gasteiger partial charge in [-0.1, -0.05) is 23.7 Å². The summed E-state index contributed by atoms with van der Waals surface area (Å²) in [5, 5.41) is 0.632. The highest BCUT2D eigenvalue weighted by Crippen LogP contribution is 2.28. The molecule has 15 heavy (non-hydrogen) atoms. The van der Waals surface area contributed by atoms with Crippen molar-refractivity contribution >= 4 is 11.6 Å². The summed E-state index contributed by atoms with van der Waals surface area (Å²) in [6.45, 7) is 1.95. The molecule has 0 unspecified atom stereocenters. The number of aryl methyl sites for hydroxylation is 1. The van der Waals surface area contributed by atoms with Gasteiger partial charge < -0.3 is 0 Å². The Bertz CT molecular complexity index is 474. The van der Waals surface area contributed by atoms with Crippen LogP contribution in [0.5, 0.6) is 0 Å². The number of hydrogen-bond donors (Lipinski definition) is 0. The van der Waals surface area contributed by atoms with Gasteiger partial charge in [0.05, 0.1) is 0 Å². The van der Waals surface area contributed by atoms with Gasteiger partial charge in [0.25, 0.3) is 0 Å². The molecule has 0 bridgehead atoms. The van der Waals surface area contributed by atoms with E-state index in [-0.39, 0.29) is 5.82 Å². The Morgan fingerprint density at radius 1 is 1.20 bits per heavy atom. The van der Waals surface area contributed by atoms with Gasteiger partial charge >= 0.3 is 0 Å². The second-order valence-corrected chi connectivity index (χ2v) is 3.79. The van der Waals surface area contributed by atoms with Gasteiger partial charge in [0.1, 0.15) is 5.82 Å². The van der Waals surface area contributed by atoms with E-state index in [1.807, 2.05) is 13.0 Å². The van der Waals surface area contributed by atoms with Gasteiger partial charge in [0.2, 0.25) is 0 Å². The first-order valence-corrected chi connectivity index (χ1v) is 4.98. The zero-order valence-corrected chi connectivity index (χ0v) is 8.98. The first-order valence-electron chi connectivity index (χ1n) is 4.60. The van der Waals surface area contributed by atoms with Gasteiger partial charge in [0.15, 0.2) is 0 Å². The van der Waals surface area contributed by atoms with Crippen LogP contribution in [-0.2, 0) is 0 Å². The Kier molecular flexibility index (Phi) is 2.74. The zero-order chi connectivity index (χ0) is 10.8. The van der Waals surface area contributed by atoms with Crippen LogP contribution in [0, 0.1) is 18.8 Å². The van der Waals surface area contributed by atoms with E-state index in [0.29, 0.717) is 5.02 Å². The van der Waals surface area contributed by atoms with Crippen molar-refractivity contribution in [1.82, 2.24) is 0 Å². The maximum absolute atomic E-state index is 12.7. The van der Waals surface area contributed by atoms with Crippen molar-refractivity contribution in [3.63, 3.8) is 0 Å². The van der Waals surface area contributed by atoms with Crippen molar-refractivity contribution in [3.8, 4) is 11.1 Å². The molecular weight excluding hydrogens is 211 g/mol. The molecule has 0 N–H and O–H groups in total. The van der Waals surface area contributed by atoms with Crippen LogP contribution >= 0.6 is 11.6 Å². The summed E-state index contributed by atoms with van der Waals surface area (Å²) in [7, 11) is 0. The van der Waals surface area contributed by atoms with Crippen LogP contribution in [0.2, 0.25) is 5.02 Å². The lowest BCUT2D eigenvalue weighted by molar-refractivity contribution is 0.628. The lowest BCUT2D eigenvalue weighted by atomic mass is 10.0. The van der Waals surface area contributed by atoms with Crippen LogP contribution < -0.4 is 0 Å². The fraction of sp³-hybridized carbons (Fsp3) is 0.0769. The molecule has 0 aliphatic carbocycles. The van der Waals surface area contributed by atoms with E-state index in [4.69, 9.17) is 11.6 Å². The predicted molar refractivity (Wildman–Crippen MR) is 60.4 cm³/mol. The Hall–Kier alpha value is -1.34. The van der Waals surface area contributed by atoms with Crippen molar-refractivity contribution in [3.05, 3.63) is 58.9 Å². The average molecular weight is 220 g/mol. The van der Waals surface area contributed by atoms with E-state index in [0.717, 1.165) is 16.7 Å². The van der Waals surface area contributed by atoms with E-state index in [2.05, 4.69) is 6.07 Å². The monoisotopic (exact) mass is 219 g/mol. The largest absolute Gasteiger partial charge is 0.207 e. The SMILES string of the molecule is Cc1[c]cc(Cl)c(-c2ccc(F)cc2)c1.